The van der Waals surface area contributed by atoms with Crippen molar-refractivity contribution in [2.24, 2.45) is 5.10 Å². The van der Waals surface area contributed by atoms with E-state index in [-0.39, 0.29) is 11.6 Å². The summed E-state index contributed by atoms with van der Waals surface area (Å²) in [5.41, 5.74) is 4.04. The fourth-order valence-electron chi connectivity index (χ4n) is 2.62. The summed E-state index contributed by atoms with van der Waals surface area (Å²) < 4.78 is 11.0. The Hall–Kier alpha value is -3.94. The van der Waals surface area contributed by atoms with Crippen molar-refractivity contribution in [2.75, 3.05) is 6.61 Å². The lowest BCUT2D eigenvalue weighted by Crippen LogP contribution is -2.17. The number of nitrogens with one attached hydrogen (secondary N) is 1. The van der Waals surface area contributed by atoms with Crippen molar-refractivity contribution in [3.05, 3.63) is 81.6 Å². The van der Waals surface area contributed by atoms with Crippen LogP contribution in [0.15, 0.2) is 64.1 Å². The number of rotatable bonds is 7. The maximum atomic E-state index is 12.1. The molecule has 0 unspecified atom stereocenters. The Morgan fingerprint density at radius 2 is 1.97 bits per heavy atom. The van der Waals surface area contributed by atoms with Crippen LogP contribution in [0.3, 0.4) is 0 Å². The van der Waals surface area contributed by atoms with Crippen molar-refractivity contribution in [3.8, 4) is 17.1 Å². The Morgan fingerprint density at radius 3 is 2.66 bits per heavy atom. The van der Waals surface area contributed by atoms with Crippen molar-refractivity contribution in [2.45, 2.75) is 13.8 Å². The summed E-state index contributed by atoms with van der Waals surface area (Å²) in [7, 11) is 0. The number of nitro groups is 1. The number of amides is 1. The Balaban J connectivity index is 1.65. The third-order valence-electron chi connectivity index (χ3n) is 4.10. The fourth-order valence-corrected chi connectivity index (χ4v) is 2.62. The third-order valence-corrected chi connectivity index (χ3v) is 4.10. The largest absolute Gasteiger partial charge is 0.494 e. The van der Waals surface area contributed by atoms with Gasteiger partial charge in [0.1, 0.15) is 17.3 Å². The molecule has 148 valence electrons. The van der Waals surface area contributed by atoms with Crippen molar-refractivity contribution >= 4 is 17.8 Å². The molecule has 0 fully saturated rings. The van der Waals surface area contributed by atoms with Crippen LogP contribution in [0, 0.1) is 17.0 Å². The molecule has 0 saturated heterocycles. The van der Waals surface area contributed by atoms with Crippen LogP contribution < -0.4 is 10.2 Å². The molecule has 8 nitrogen and oxygen atoms in total. The van der Waals surface area contributed by atoms with Gasteiger partial charge < -0.3 is 9.15 Å². The monoisotopic (exact) mass is 393 g/mol. The molecule has 1 aromatic heterocycles. The van der Waals surface area contributed by atoms with Gasteiger partial charge in [-0.2, -0.15) is 5.10 Å². The van der Waals surface area contributed by atoms with E-state index in [9.17, 15) is 14.9 Å². The number of nitrogens with zero attached hydrogens (tertiary/aromatic N) is 2. The van der Waals surface area contributed by atoms with Crippen LogP contribution in [0.1, 0.15) is 28.6 Å². The highest BCUT2D eigenvalue weighted by molar-refractivity contribution is 5.94. The highest BCUT2D eigenvalue weighted by Gasteiger charge is 2.13. The lowest BCUT2D eigenvalue weighted by Gasteiger charge is -2.03. The van der Waals surface area contributed by atoms with E-state index in [4.69, 9.17) is 9.15 Å². The molecule has 0 radical (unpaired) electrons. The van der Waals surface area contributed by atoms with E-state index in [1.807, 2.05) is 6.92 Å². The summed E-state index contributed by atoms with van der Waals surface area (Å²) in [5, 5.41) is 15.0. The third kappa shape index (κ3) is 4.86. The number of carbonyl (C=O) groups excluding carboxylic acids is 1. The van der Waals surface area contributed by atoms with E-state index in [0.717, 1.165) is 0 Å². The first kappa shape index (κ1) is 19.8. The average Bonchev–Trinajstić information content (AvgIpc) is 3.18. The molecule has 3 aromatic rings. The van der Waals surface area contributed by atoms with Crippen LogP contribution in [0.25, 0.3) is 11.3 Å². The average molecular weight is 393 g/mol. The second kappa shape index (κ2) is 8.83. The molecule has 1 heterocycles. The van der Waals surface area contributed by atoms with Gasteiger partial charge in [0.25, 0.3) is 11.6 Å². The first-order chi connectivity index (χ1) is 14.0. The topological polar surface area (TPSA) is 107 Å². The standard InChI is InChI=1S/C21H19N3O5/c1-3-28-17-8-6-15(7-9-17)21(25)23-22-13-18-10-11-20(29-18)16-5-4-14(2)19(12-16)24(26)27/h4-13H,3H2,1-2H3,(H,23,25)/b22-13+. The Kier molecular flexibility index (Phi) is 6.03. The minimum Gasteiger partial charge on any atom is -0.494 e. The molecule has 0 aliphatic rings. The molecular weight excluding hydrogens is 374 g/mol. The number of furan rings is 1. The molecule has 2 aromatic carbocycles. The van der Waals surface area contributed by atoms with Gasteiger partial charge in [0, 0.05) is 22.8 Å². The highest BCUT2D eigenvalue weighted by Crippen LogP contribution is 2.27. The van der Waals surface area contributed by atoms with Crippen LogP contribution in [-0.4, -0.2) is 23.7 Å². The predicted octanol–water partition coefficient (Wildman–Crippen LogP) is 4.33. The molecule has 8 heteroatoms. The van der Waals surface area contributed by atoms with Crippen LogP contribution in [0.5, 0.6) is 5.75 Å². The smallest absolute Gasteiger partial charge is 0.273 e. The number of hydrogen-bond acceptors (Lipinski definition) is 6. The van der Waals surface area contributed by atoms with Crippen molar-refractivity contribution in [3.63, 3.8) is 0 Å². The van der Waals surface area contributed by atoms with E-state index in [1.165, 1.54) is 12.3 Å². The predicted molar refractivity (Wildman–Crippen MR) is 108 cm³/mol. The summed E-state index contributed by atoms with van der Waals surface area (Å²) in [6, 6.07) is 14.9. The van der Waals surface area contributed by atoms with Crippen molar-refractivity contribution in [1.82, 2.24) is 5.43 Å². The van der Waals surface area contributed by atoms with Gasteiger partial charge in [0.2, 0.25) is 0 Å². The van der Waals surface area contributed by atoms with E-state index in [1.54, 1.807) is 55.5 Å². The molecule has 3 rings (SSSR count). The molecule has 1 N–H and O–H groups in total. The number of hydrogen-bond donors (Lipinski definition) is 1. The van der Waals surface area contributed by atoms with Crippen LogP contribution in [0.4, 0.5) is 5.69 Å². The van der Waals surface area contributed by atoms with Crippen molar-refractivity contribution in [1.29, 1.82) is 0 Å². The molecule has 0 spiro atoms. The normalized spacial score (nSPS) is 10.8. The van der Waals surface area contributed by atoms with Gasteiger partial charge in [-0.1, -0.05) is 12.1 Å². The lowest BCUT2D eigenvalue weighted by atomic mass is 10.1. The van der Waals surface area contributed by atoms with Gasteiger partial charge in [-0.3, -0.25) is 14.9 Å². The molecule has 29 heavy (non-hydrogen) atoms. The summed E-state index contributed by atoms with van der Waals surface area (Å²) in [6.45, 7) is 4.11. The van der Waals surface area contributed by atoms with Gasteiger partial charge in [-0.15, -0.1) is 0 Å². The molecule has 0 saturated carbocycles. The SMILES string of the molecule is CCOc1ccc(C(=O)N/N=C/c2ccc(-c3ccc(C)c([N+](=O)[O-])c3)o2)cc1. The van der Waals surface area contributed by atoms with Crippen LogP contribution in [-0.2, 0) is 0 Å². The van der Waals surface area contributed by atoms with E-state index < -0.39 is 4.92 Å². The molecule has 0 aliphatic heterocycles. The van der Waals surface area contributed by atoms with Gasteiger partial charge in [0.05, 0.1) is 17.7 Å². The number of ether oxygens (including phenoxy) is 1. The minimum atomic E-state index is -0.430. The Morgan fingerprint density at radius 1 is 1.21 bits per heavy atom. The summed E-state index contributed by atoms with van der Waals surface area (Å²) in [6.07, 6.45) is 1.36. The van der Waals surface area contributed by atoms with Gasteiger partial charge in [0.15, 0.2) is 0 Å². The lowest BCUT2D eigenvalue weighted by molar-refractivity contribution is -0.385. The zero-order valence-electron chi connectivity index (χ0n) is 15.9. The van der Waals surface area contributed by atoms with Gasteiger partial charge in [-0.05, 0) is 50.2 Å². The van der Waals surface area contributed by atoms with Gasteiger partial charge in [-0.25, -0.2) is 5.43 Å². The first-order valence-electron chi connectivity index (χ1n) is 8.89. The fraction of sp³-hybridized carbons (Fsp3) is 0.143. The number of carbonyl (C=O) groups is 1. The zero-order chi connectivity index (χ0) is 20.8. The second-order valence-corrected chi connectivity index (χ2v) is 6.12. The maximum absolute atomic E-state index is 12.1. The summed E-state index contributed by atoms with van der Waals surface area (Å²) in [5.74, 6) is 1.18. The number of hydrazone groups is 1. The Labute approximate surface area is 167 Å². The van der Waals surface area contributed by atoms with E-state index >= 15 is 0 Å². The minimum absolute atomic E-state index is 0.0248. The molecule has 1 amide bonds. The van der Waals surface area contributed by atoms with Crippen LogP contribution >= 0.6 is 0 Å². The molecule has 0 aliphatic carbocycles. The highest BCUT2D eigenvalue weighted by atomic mass is 16.6. The van der Waals surface area contributed by atoms with Crippen molar-refractivity contribution < 1.29 is 18.9 Å². The molecule has 0 atom stereocenters. The first-order valence-corrected chi connectivity index (χ1v) is 8.89. The Bertz CT molecular complexity index is 1050. The summed E-state index contributed by atoms with van der Waals surface area (Å²) >= 11 is 0. The van der Waals surface area contributed by atoms with E-state index in [2.05, 4.69) is 10.5 Å². The maximum Gasteiger partial charge on any atom is 0.273 e. The zero-order valence-corrected chi connectivity index (χ0v) is 15.9. The summed E-state index contributed by atoms with van der Waals surface area (Å²) in [4.78, 5) is 22.8. The van der Waals surface area contributed by atoms with E-state index in [0.29, 0.717) is 40.6 Å². The number of aryl methyl sites for hydroxylation is 1. The van der Waals surface area contributed by atoms with Gasteiger partial charge >= 0.3 is 0 Å². The van der Waals surface area contributed by atoms with Crippen LogP contribution in [0.2, 0.25) is 0 Å². The molecular formula is C21H19N3O5. The number of nitro benzene ring substituents is 1. The quantitative estimate of drug-likeness (QED) is 0.365. The molecule has 0 bridgehead atoms. The number of benzene rings is 2. The second-order valence-electron chi connectivity index (χ2n) is 6.12.